The van der Waals surface area contributed by atoms with E-state index in [9.17, 15) is 4.79 Å². The van der Waals surface area contributed by atoms with E-state index >= 15 is 0 Å². The quantitative estimate of drug-likeness (QED) is 0.490. The van der Waals surface area contributed by atoms with E-state index in [1.165, 1.54) is 0 Å². The summed E-state index contributed by atoms with van der Waals surface area (Å²) >= 11 is 0. The number of benzene rings is 1. The van der Waals surface area contributed by atoms with Gasteiger partial charge in [-0.25, -0.2) is 4.79 Å². The molecular formula is C14H19N3O2. The highest BCUT2D eigenvalue weighted by Crippen LogP contribution is 2.18. The number of rotatable bonds is 3. The molecule has 0 bridgehead atoms. The Morgan fingerprint density at radius 2 is 2.11 bits per heavy atom. The first-order valence-corrected chi connectivity index (χ1v) is 6.49. The number of nitrogens with zero attached hydrogens (tertiary/aromatic N) is 1. The topological polar surface area (TPSA) is 79.4 Å². The van der Waals surface area contributed by atoms with E-state index in [0.717, 1.165) is 18.4 Å². The van der Waals surface area contributed by atoms with Crippen LogP contribution in [0, 0.1) is 5.41 Å². The van der Waals surface area contributed by atoms with E-state index in [1.807, 2.05) is 30.3 Å². The molecule has 1 saturated heterocycles. The van der Waals surface area contributed by atoms with Crippen LogP contribution in [0.5, 0.6) is 0 Å². The third-order valence-corrected chi connectivity index (χ3v) is 3.31. The van der Waals surface area contributed by atoms with E-state index in [2.05, 4.69) is 0 Å². The largest absolute Gasteiger partial charge is 0.459 e. The summed E-state index contributed by atoms with van der Waals surface area (Å²) in [6, 6.07) is 9.16. The third kappa shape index (κ3) is 3.47. The van der Waals surface area contributed by atoms with Crippen molar-refractivity contribution in [3.63, 3.8) is 0 Å². The van der Waals surface area contributed by atoms with Crippen LogP contribution in [-0.2, 0) is 16.1 Å². The summed E-state index contributed by atoms with van der Waals surface area (Å²) in [6.45, 7) is 0.919. The fourth-order valence-electron chi connectivity index (χ4n) is 2.29. The van der Waals surface area contributed by atoms with Crippen LogP contribution in [0.25, 0.3) is 0 Å². The van der Waals surface area contributed by atoms with Crippen LogP contribution in [0.2, 0.25) is 0 Å². The van der Waals surface area contributed by atoms with Crippen molar-refractivity contribution < 1.29 is 9.53 Å². The number of nitrogens with two attached hydrogens (primary N) is 1. The minimum absolute atomic E-state index is 0.0543. The summed E-state index contributed by atoms with van der Waals surface area (Å²) in [5.74, 6) is -0.347. The molecule has 0 spiro atoms. The first-order chi connectivity index (χ1) is 9.18. The summed E-state index contributed by atoms with van der Waals surface area (Å²) in [6.07, 6.45) is 2.63. The normalized spacial score (nSPS) is 18.9. The van der Waals surface area contributed by atoms with Gasteiger partial charge in [-0.15, -0.1) is 0 Å². The SMILES string of the molecule is N=C(N)N1CCCCC1C(=O)OCc1ccccc1. The van der Waals surface area contributed by atoms with E-state index in [-0.39, 0.29) is 18.5 Å². The molecule has 0 amide bonds. The zero-order chi connectivity index (χ0) is 13.7. The molecule has 0 aliphatic carbocycles. The first kappa shape index (κ1) is 13.4. The molecule has 1 unspecified atom stereocenters. The molecule has 1 aliphatic rings. The Hall–Kier alpha value is -2.04. The molecule has 5 nitrogen and oxygen atoms in total. The van der Waals surface area contributed by atoms with Crippen LogP contribution in [0.3, 0.4) is 0 Å². The summed E-state index contributed by atoms with van der Waals surface area (Å²) in [5.41, 5.74) is 6.46. The zero-order valence-electron chi connectivity index (χ0n) is 10.8. The van der Waals surface area contributed by atoms with Gasteiger partial charge in [0.25, 0.3) is 0 Å². The van der Waals surface area contributed by atoms with Gasteiger partial charge in [0.2, 0.25) is 0 Å². The molecule has 0 aromatic heterocycles. The van der Waals surface area contributed by atoms with Crippen LogP contribution in [-0.4, -0.2) is 29.4 Å². The molecular weight excluding hydrogens is 242 g/mol. The van der Waals surface area contributed by atoms with Gasteiger partial charge in [-0.1, -0.05) is 30.3 Å². The van der Waals surface area contributed by atoms with Gasteiger partial charge < -0.3 is 15.4 Å². The van der Waals surface area contributed by atoms with Gasteiger partial charge in [-0.3, -0.25) is 5.41 Å². The van der Waals surface area contributed by atoms with Crippen molar-refractivity contribution in [1.82, 2.24) is 4.90 Å². The number of carbonyl (C=O) groups excluding carboxylic acids is 1. The molecule has 1 aliphatic heterocycles. The summed E-state index contributed by atoms with van der Waals surface area (Å²) < 4.78 is 5.32. The number of piperidine rings is 1. The lowest BCUT2D eigenvalue weighted by Gasteiger charge is -2.34. The zero-order valence-corrected chi connectivity index (χ0v) is 10.8. The average molecular weight is 261 g/mol. The number of carbonyl (C=O) groups is 1. The van der Waals surface area contributed by atoms with Crippen LogP contribution in [0.15, 0.2) is 30.3 Å². The second-order valence-corrected chi connectivity index (χ2v) is 4.68. The number of ether oxygens (including phenoxy) is 1. The molecule has 1 aromatic rings. The van der Waals surface area contributed by atoms with E-state index in [4.69, 9.17) is 15.9 Å². The number of hydrogen-bond acceptors (Lipinski definition) is 3. The Morgan fingerprint density at radius 1 is 1.37 bits per heavy atom. The maximum atomic E-state index is 12.1. The van der Waals surface area contributed by atoms with Crippen molar-refractivity contribution >= 4 is 11.9 Å². The Kier molecular flexibility index (Phi) is 4.39. The molecule has 1 aromatic carbocycles. The molecule has 0 saturated carbocycles. The van der Waals surface area contributed by atoms with E-state index < -0.39 is 6.04 Å². The summed E-state index contributed by atoms with van der Waals surface area (Å²) in [4.78, 5) is 13.7. The second-order valence-electron chi connectivity index (χ2n) is 4.68. The van der Waals surface area contributed by atoms with Crippen LogP contribution in [0.1, 0.15) is 24.8 Å². The van der Waals surface area contributed by atoms with Crippen LogP contribution >= 0.6 is 0 Å². The second kappa shape index (κ2) is 6.22. The Labute approximate surface area is 112 Å². The van der Waals surface area contributed by atoms with Crippen molar-refractivity contribution in [1.29, 1.82) is 5.41 Å². The van der Waals surface area contributed by atoms with Gasteiger partial charge in [0.15, 0.2) is 5.96 Å². The highest BCUT2D eigenvalue weighted by atomic mass is 16.5. The average Bonchev–Trinajstić information content (AvgIpc) is 2.46. The molecule has 3 N–H and O–H groups in total. The van der Waals surface area contributed by atoms with E-state index in [0.29, 0.717) is 13.0 Å². The molecule has 5 heteroatoms. The number of esters is 1. The van der Waals surface area contributed by atoms with Gasteiger partial charge in [-0.05, 0) is 24.8 Å². The maximum Gasteiger partial charge on any atom is 0.329 e. The van der Waals surface area contributed by atoms with Gasteiger partial charge in [0, 0.05) is 6.54 Å². The van der Waals surface area contributed by atoms with Gasteiger partial charge in [0.05, 0.1) is 0 Å². The molecule has 102 valence electrons. The van der Waals surface area contributed by atoms with Crippen molar-refractivity contribution in [3.05, 3.63) is 35.9 Å². The van der Waals surface area contributed by atoms with E-state index in [1.54, 1.807) is 4.90 Å². The van der Waals surface area contributed by atoms with Gasteiger partial charge in [0.1, 0.15) is 12.6 Å². The van der Waals surface area contributed by atoms with Crippen LogP contribution in [0.4, 0.5) is 0 Å². The smallest absolute Gasteiger partial charge is 0.329 e. The van der Waals surface area contributed by atoms with Crippen molar-refractivity contribution in [2.45, 2.75) is 31.9 Å². The number of nitrogens with one attached hydrogen (secondary N) is 1. The fourth-order valence-corrected chi connectivity index (χ4v) is 2.29. The molecule has 1 heterocycles. The fraction of sp³-hybridized carbons (Fsp3) is 0.429. The van der Waals surface area contributed by atoms with Crippen LogP contribution < -0.4 is 5.73 Å². The summed E-state index contributed by atoms with van der Waals surface area (Å²) in [5, 5.41) is 7.50. The molecule has 1 fully saturated rings. The van der Waals surface area contributed by atoms with Crippen molar-refractivity contribution in [2.75, 3.05) is 6.54 Å². The number of likely N-dealkylation sites (tertiary alicyclic amines) is 1. The highest BCUT2D eigenvalue weighted by molar-refractivity contribution is 5.84. The standard InChI is InChI=1S/C14H19N3O2/c15-14(16)17-9-5-4-8-12(17)13(18)19-10-11-6-2-1-3-7-11/h1-3,6-7,12H,4-5,8-10H2,(H3,15,16). The lowest BCUT2D eigenvalue weighted by atomic mass is 10.0. The Morgan fingerprint density at radius 3 is 2.79 bits per heavy atom. The monoisotopic (exact) mass is 261 g/mol. The van der Waals surface area contributed by atoms with Crippen molar-refractivity contribution in [3.8, 4) is 0 Å². The Bertz CT molecular complexity index is 447. The highest BCUT2D eigenvalue weighted by Gasteiger charge is 2.30. The number of hydrogen-bond donors (Lipinski definition) is 2. The maximum absolute atomic E-state index is 12.1. The lowest BCUT2D eigenvalue weighted by molar-refractivity contribution is -0.151. The lowest BCUT2D eigenvalue weighted by Crippen LogP contribution is -2.51. The van der Waals surface area contributed by atoms with Gasteiger partial charge in [-0.2, -0.15) is 0 Å². The Balaban J connectivity index is 1.93. The first-order valence-electron chi connectivity index (χ1n) is 6.49. The predicted octanol–water partition coefficient (Wildman–Crippen LogP) is 1.48. The number of guanidine groups is 1. The predicted molar refractivity (Wildman–Crippen MR) is 72.5 cm³/mol. The molecule has 19 heavy (non-hydrogen) atoms. The summed E-state index contributed by atoms with van der Waals surface area (Å²) in [7, 11) is 0. The van der Waals surface area contributed by atoms with Gasteiger partial charge >= 0.3 is 5.97 Å². The van der Waals surface area contributed by atoms with Crippen molar-refractivity contribution in [2.24, 2.45) is 5.73 Å². The molecule has 2 rings (SSSR count). The molecule has 1 atom stereocenters. The third-order valence-electron chi connectivity index (χ3n) is 3.31. The minimum Gasteiger partial charge on any atom is -0.459 e. The minimum atomic E-state index is -0.407. The molecule has 0 radical (unpaired) electrons.